The van der Waals surface area contributed by atoms with Gasteiger partial charge in [-0.2, -0.15) is 0 Å². The van der Waals surface area contributed by atoms with Gasteiger partial charge in [0.1, 0.15) is 0 Å². The Morgan fingerprint density at radius 2 is 1.71 bits per heavy atom. The number of hydrogen-bond donors (Lipinski definition) is 1. The van der Waals surface area contributed by atoms with Gasteiger partial charge >= 0.3 is 0 Å². The summed E-state index contributed by atoms with van der Waals surface area (Å²) in [5.74, 6) is 0.00241. The highest BCUT2D eigenvalue weighted by Crippen LogP contribution is 2.22. The molecule has 0 aliphatic carbocycles. The van der Waals surface area contributed by atoms with Gasteiger partial charge in [-0.25, -0.2) is 0 Å². The molecular formula is C11H10NO2-. The molecule has 1 N–H and O–H groups in total. The third-order valence-electron chi connectivity index (χ3n) is 2.17. The van der Waals surface area contributed by atoms with E-state index in [0.29, 0.717) is 5.69 Å². The van der Waals surface area contributed by atoms with Crippen LogP contribution in [-0.2, 0) is 0 Å². The lowest BCUT2D eigenvalue weighted by Crippen LogP contribution is -2.09. The number of nitrogens with zero attached hydrogens (tertiary/aromatic N) is 1. The summed E-state index contributed by atoms with van der Waals surface area (Å²) in [7, 11) is 1.56. The molecule has 0 fully saturated rings. The lowest BCUT2D eigenvalue weighted by Gasteiger charge is -2.12. The molecule has 2 aromatic rings. The summed E-state index contributed by atoms with van der Waals surface area (Å²) < 4.78 is 0. The third kappa shape index (κ3) is 1.49. The standard InChI is InChI=1S/C11H11NO2/c1-12(14)10-4-2-9-7-11(13)5-3-8(9)6-10/h2-7,13-14H,1H3/p-1. The van der Waals surface area contributed by atoms with E-state index in [-0.39, 0.29) is 5.75 Å². The Hall–Kier alpha value is -1.74. The summed E-state index contributed by atoms with van der Waals surface area (Å²) in [6.45, 7) is 0. The van der Waals surface area contributed by atoms with E-state index in [1.807, 2.05) is 12.1 Å². The van der Waals surface area contributed by atoms with Gasteiger partial charge in [0.05, 0.1) is 5.69 Å². The zero-order valence-corrected chi connectivity index (χ0v) is 7.77. The van der Waals surface area contributed by atoms with Crippen molar-refractivity contribution in [3.63, 3.8) is 0 Å². The first-order chi connectivity index (χ1) is 6.66. The molecule has 0 saturated carbocycles. The zero-order chi connectivity index (χ0) is 10.1. The van der Waals surface area contributed by atoms with Gasteiger partial charge in [-0.1, -0.05) is 24.3 Å². The first kappa shape index (κ1) is 8.84. The second kappa shape index (κ2) is 3.20. The molecule has 0 saturated heterocycles. The smallest absolute Gasteiger partial charge is 0.0637 e. The summed E-state index contributed by atoms with van der Waals surface area (Å²) in [6, 6.07) is 10.3. The molecule has 2 rings (SSSR count). The van der Waals surface area contributed by atoms with Crippen LogP contribution in [-0.4, -0.2) is 12.3 Å². The van der Waals surface area contributed by atoms with Crippen LogP contribution in [0.2, 0.25) is 0 Å². The maximum atomic E-state index is 11.0. The molecular weight excluding hydrogens is 178 g/mol. The number of hydrogen-bond acceptors (Lipinski definition) is 3. The van der Waals surface area contributed by atoms with E-state index in [2.05, 4.69) is 0 Å². The van der Waals surface area contributed by atoms with Crippen molar-refractivity contribution in [1.82, 2.24) is 0 Å². The van der Waals surface area contributed by atoms with E-state index in [1.165, 1.54) is 6.07 Å². The SMILES string of the molecule is CN(O)c1ccc2cc([O-])ccc2c1. The van der Waals surface area contributed by atoms with Gasteiger partial charge in [0, 0.05) is 7.05 Å². The van der Waals surface area contributed by atoms with Crippen LogP contribution in [0.4, 0.5) is 5.69 Å². The number of rotatable bonds is 1. The van der Waals surface area contributed by atoms with Gasteiger partial charge in [0.2, 0.25) is 0 Å². The molecule has 14 heavy (non-hydrogen) atoms. The number of benzene rings is 2. The maximum absolute atomic E-state index is 11.0. The minimum absolute atomic E-state index is 0.00241. The fraction of sp³-hybridized carbons (Fsp3) is 0.0909. The van der Waals surface area contributed by atoms with E-state index < -0.39 is 0 Å². The molecule has 0 unspecified atom stereocenters. The molecule has 0 atom stereocenters. The van der Waals surface area contributed by atoms with E-state index in [9.17, 15) is 10.3 Å². The molecule has 3 heteroatoms. The van der Waals surface area contributed by atoms with Crippen LogP contribution in [0, 0.1) is 0 Å². The lowest BCUT2D eigenvalue weighted by atomic mass is 10.1. The van der Waals surface area contributed by atoms with Crippen molar-refractivity contribution < 1.29 is 10.3 Å². The quantitative estimate of drug-likeness (QED) is 0.693. The maximum Gasteiger partial charge on any atom is 0.0637 e. The first-order valence-electron chi connectivity index (χ1n) is 4.30. The van der Waals surface area contributed by atoms with Crippen LogP contribution in [0.15, 0.2) is 36.4 Å². The average molecular weight is 188 g/mol. The van der Waals surface area contributed by atoms with E-state index in [1.54, 1.807) is 25.2 Å². The van der Waals surface area contributed by atoms with Crippen LogP contribution in [0.3, 0.4) is 0 Å². The second-order valence-electron chi connectivity index (χ2n) is 3.22. The molecule has 0 heterocycles. The van der Waals surface area contributed by atoms with Gasteiger partial charge in [-0.15, -0.1) is 5.75 Å². The second-order valence-corrected chi connectivity index (χ2v) is 3.22. The van der Waals surface area contributed by atoms with Gasteiger partial charge in [0.15, 0.2) is 0 Å². The summed E-state index contributed by atoms with van der Waals surface area (Å²) in [4.78, 5) is 0. The van der Waals surface area contributed by atoms with E-state index in [0.717, 1.165) is 15.8 Å². The van der Waals surface area contributed by atoms with Gasteiger partial charge in [-0.3, -0.25) is 10.3 Å². The Morgan fingerprint density at radius 1 is 1.07 bits per heavy atom. The predicted molar refractivity (Wildman–Crippen MR) is 53.6 cm³/mol. The number of hydroxylamine groups is 1. The largest absolute Gasteiger partial charge is 0.872 e. The first-order valence-corrected chi connectivity index (χ1v) is 4.30. The van der Waals surface area contributed by atoms with Gasteiger partial charge in [0.25, 0.3) is 0 Å². The van der Waals surface area contributed by atoms with E-state index in [4.69, 9.17) is 0 Å². The molecule has 0 aromatic heterocycles. The minimum Gasteiger partial charge on any atom is -0.872 e. The zero-order valence-electron chi connectivity index (χ0n) is 7.77. The van der Waals surface area contributed by atoms with Crippen molar-refractivity contribution >= 4 is 16.5 Å². The fourth-order valence-electron chi connectivity index (χ4n) is 1.41. The normalized spacial score (nSPS) is 10.4. The fourth-order valence-corrected chi connectivity index (χ4v) is 1.41. The summed E-state index contributed by atoms with van der Waals surface area (Å²) in [6.07, 6.45) is 0. The molecule has 0 radical (unpaired) electrons. The molecule has 3 nitrogen and oxygen atoms in total. The molecule has 0 bridgehead atoms. The Kier molecular flexibility index (Phi) is 2.02. The highest BCUT2D eigenvalue weighted by molar-refractivity contribution is 5.86. The molecule has 0 amide bonds. The van der Waals surface area contributed by atoms with Crippen molar-refractivity contribution in [1.29, 1.82) is 0 Å². The Balaban J connectivity index is 2.62. The Labute approximate surface area is 81.8 Å². The number of fused-ring (bicyclic) bond motifs is 1. The molecule has 72 valence electrons. The molecule has 0 spiro atoms. The molecule has 0 aliphatic rings. The van der Waals surface area contributed by atoms with Crippen molar-refractivity contribution in [2.24, 2.45) is 0 Å². The van der Waals surface area contributed by atoms with Gasteiger partial charge < -0.3 is 5.11 Å². The van der Waals surface area contributed by atoms with Crippen molar-refractivity contribution in [2.75, 3.05) is 12.1 Å². The van der Waals surface area contributed by atoms with E-state index >= 15 is 0 Å². The van der Waals surface area contributed by atoms with Crippen molar-refractivity contribution in [3.05, 3.63) is 36.4 Å². The minimum atomic E-state index is 0.00241. The van der Waals surface area contributed by atoms with Crippen LogP contribution in [0.25, 0.3) is 10.8 Å². The monoisotopic (exact) mass is 188 g/mol. The summed E-state index contributed by atoms with van der Waals surface area (Å²) >= 11 is 0. The predicted octanol–water partition coefficient (Wildman–Crippen LogP) is 1.74. The summed E-state index contributed by atoms with van der Waals surface area (Å²) in [5.41, 5.74) is 0.705. The third-order valence-corrected chi connectivity index (χ3v) is 2.17. The highest BCUT2D eigenvalue weighted by atomic mass is 16.5. The van der Waals surface area contributed by atoms with Crippen LogP contribution >= 0.6 is 0 Å². The van der Waals surface area contributed by atoms with Crippen molar-refractivity contribution in [3.8, 4) is 5.75 Å². The average Bonchev–Trinajstić information content (AvgIpc) is 2.16. The Morgan fingerprint density at radius 3 is 2.43 bits per heavy atom. The highest BCUT2D eigenvalue weighted by Gasteiger charge is 1.98. The topological polar surface area (TPSA) is 46.5 Å². The van der Waals surface area contributed by atoms with Gasteiger partial charge in [-0.05, 0) is 22.9 Å². The van der Waals surface area contributed by atoms with Crippen LogP contribution in [0.5, 0.6) is 5.75 Å². The molecule has 2 aromatic carbocycles. The van der Waals surface area contributed by atoms with Crippen LogP contribution < -0.4 is 10.2 Å². The van der Waals surface area contributed by atoms with Crippen LogP contribution in [0.1, 0.15) is 0 Å². The summed E-state index contributed by atoms with van der Waals surface area (Å²) in [5, 5.41) is 23.1. The Bertz CT molecular complexity index is 466. The molecule has 0 aliphatic heterocycles. The van der Waals surface area contributed by atoms with Crippen molar-refractivity contribution in [2.45, 2.75) is 0 Å². The lowest BCUT2D eigenvalue weighted by molar-refractivity contribution is -0.268. The number of anilines is 1.